The van der Waals surface area contributed by atoms with Gasteiger partial charge in [-0.25, -0.2) is 0 Å². The van der Waals surface area contributed by atoms with Crippen molar-refractivity contribution in [3.8, 4) is 0 Å². The highest BCUT2D eigenvalue weighted by molar-refractivity contribution is 6.31. The molecule has 0 aliphatic rings. The Balaban J connectivity index is 1.95. The lowest BCUT2D eigenvalue weighted by atomic mass is 9.93. The van der Waals surface area contributed by atoms with Crippen LogP contribution in [0.3, 0.4) is 0 Å². The Morgan fingerprint density at radius 1 is 1.24 bits per heavy atom. The van der Waals surface area contributed by atoms with E-state index in [2.05, 4.69) is 11.4 Å². The Morgan fingerprint density at radius 2 is 2.10 bits per heavy atom. The summed E-state index contributed by atoms with van der Waals surface area (Å²) in [5, 5.41) is 4.28. The van der Waals surface area contributed by atoms with Gasteiger partial charge in [-0.05, 0) is 48.6 Å². The lowest BCUT2D eigenvalue weighted by Crippen LogP contribution is -2.28. The maximum atomic E-state index is 6.28. The minimum Gasteiger partial charge on any atom is -0.472 e. The fraction of sp³-hybridized carbons (Fsp3) is 0.412. The summed E-state index contributed by atoms with van der Waals surface area (Å²) < 4.78 is 10.2. The molecule has 1 aromatic carbocycles. The third-order valence-electron chi connectivity index (χ3n) is 3.49. The average molecular weight is 308 g/mol. The van der Waals surface area contributed by atoms with Crippen molar-refractivity contribution in [3.63, 3.8) is 0 Å². The summed E-state index contributed by atoms with van der Waals surface area (Å²) in [7, 11) is 1.72. The van der Waals surface area contributed by atoms with Crippen molar-refractivity contribution in [1.29, 1.82) is 0 Å². The molecule has 2 rings (SSSR count). The molecule has 4 heteroatoms. The molecule has 1 unspecified atom stereocenters. The van der Waals surface area contributed by atoms with Gasteiger partial charge in [-0.2, -0.15) is 0 Å². The van der Waals surface area contributed by atoms with E-state index < -0.39 is 0 Å². The highest BCUT2D eigenvalue weighted by atomic mass is 35.5. The predicted octanol–water partition coefficient (Wildman–Crippen LogP) is 3.57. The van der Waals surface area contributed by atoms with Crippen molar-refractivity contribution < 1.29 is 9.15 Å². The molecule has 21 heavy (non-hydrogen) atoms. The van der Waals surface area contributed by atoms with Crippen molar-refractivity contribution in [1.82, 2.24) is 5.32 Å². The van der Waals surface area contributed by atoms with Crippen LogP contribution < -0.4 is 5.32 Å². The summed E-state index contributed by atoms with van der Waals surface area (Å²) in [6.07, 6.45) is 5.46. The molecule has 0 radical (unpaired) electrons. The molecule has 0 saturated heterocycles. The van der Waals surface area contributed by atoms with Crippen molar-refractivity contribution in [2.24, 2.45) is 5.92 Å². The second-order valence-corrected chi connectivity index (χ2v) is 5.60. The smallest absolute Gasteiger partial charge is 0.0934 e. The average Bonchev–Trinajstić information content (AvgIpc) is 2.99. The van der Waals surface area contributed by atoms with Gasteiger partial charge in [0.15, 0.2) is 0 Å². The molecular formula is C17H22ClNO2. The number of furan rings is 1. The molecule has 114 valence electrons. The summed E-state index contributed by atoms with van der Waals surface area (Å²) in [5.74, 6) is 0.472. The second kappa shape index (κ2) is 8.88. The van der Waals surface area contributed by atoms with Gasteiger partial charge in [-0.1, -0.05) is 29.8 Å². The fourth-order valence-electron chi connectivity index (χ4n) is 2.41. The topological polar surface area (TPSA) is 34.4 Å². The van der Waals surface area contributed by atoms with Crippen LogP contribution in [0.4, 0.5) is 0 Å². The molecule has 0 fully saturated rings. The van der Waals surface area contributed by atoms with Crippen molar-refractivity contribution in [2.45, 2.75) is 12.8 Å². The first-order valence-corrected chi connectivity index (χ1v) is 7.61. The predicted molar refractivity (Wildman–Crippen MR) is 85.8 cm³/mol. The number of nitrogens with one attached hydrogen (secondary N) is 1. The SMILES string of the molecule is COCCNCC(Cc1ccoc1)Cc1ccccc1Cl. The van der Waals surface area contributed by atoms with E-state index >= 15 is 0 Å². The van der Waals surface area contributed by atoms with Crippen LogP contribution in [0.2, 0.25) is 5.02 Å². The third kappa shape index (κ3) is 5.54. The van der Waals surface area contributed by atoms with Gasteiger partial charge in [0, 0.05) is 18.7 Å². The van der Waals surface area contributed by atoms with Crippen LogP contribution in [0, 0.1) is 5.92 Å². The van der Waals surface area contributed by atoms with Gasteiger partial charge in [0.05, 0.1) is 19.1 Å². The summed E-state index contributed by atoms with van der Waals surface area (Å²) >= 11 is 6.28. The van der Waals surface area contributed by atoms with E-state index in [1.165, 1.54) is 11.1 Å². The first-order chi connectivity index (χ1) is 10.3. The van der Waals surface area contributed by atoms with Crippen LogP contribution in [0.5, 0.6) is 0 Å². The Hall–Kier alpha value is -1.29. The minimum atomic E-state index is 0.472. The Bertz CT molecular complexity index is 513. The lowest BCUT2D eigenvalue weighted by Gasteiger charge is -2.18. The van der Waals surface area contributed by atoms with Crippen molar-refractivity contribution in [2.75, 3.05) is 26.8 Å². The summed E-state index contributed by atoms with van der Waals surface area (Å²) in [5.41, 5.74) is 2.42. The van der Waals surface area contributed by atoms with Gasteiger partial charge in [0.1, 0.15) is 0 Å². The van der Waals surface area contributed by atoms with Crippen LogP contribution in [0.15, 0.2) is 47.3 Å². The number of methoxy groups -OCH3 is 1. The zero-order valence-electron chi connectivity index (χ0n) is 12.3. The molecular weight excluding hydrogens is 286 g/mol. The molecule has 2 aromatic rings. The van der Waals surface area contributed by atoms with Crippen LogP contribution in [-0.2, 0) is 17.6 Å². The highest BCUT2D eigenvalue weighted by Gasteiger charge is 2.13. The van der Waals surface area contributed by atoms with Crippen LogP contribution >= 0.6 is 11.6 Å². The van der Waals surface area contributed by atoms with E-state index in [9.17, 15) is 0 Å². The first kappa shape index (κ1) is 16.1. The molecule has 0 saturated carbocycles. The van der Waals surface area contributed by atoms with E-state index in [0.29, 0.717) is 5.92 Å². The monoisotopic (exact) mass is 307 g/mol. The van der Waals surface area contributed by atoms with E-state index in [1.54, 1.807) is 13.4 Å². The van der Waals surface area contributed by atoms with Crippen LogP contribution in [0.25, 0.3) is 0 Å². The molecule has 0 bridgehead atoms. The summed E-state index contributed by atoms with van der Waals surface area (Å²) in [6.45, 7) is 2.52. The molecule has 0 aliphatic heterocycles. The standard InChI is InChI=1S/C17H22ClNO2/c1-20-9-7-19-12-15(10-14-6-8-21-13-14)11-16-4-2-3-5-17(16)18/h2-6,8,13,15,19H,7,9-12H2,1H3. The van der Waals surface area contributed by atoms with Gasteiger partial charge in [0.2, 0.25) is 0 Å². The first-order valence-electron chi connectivity index (χ1n) is 7.23. The summed E-state index contributed by atoms with van der Waals surface area (Å²) in [4.78, 5) is 0. The van der Waals surface area contributed by atoms with Gasteiger partial charge >= 0.3 is 0 Å². The second-order valence-electron chi connectivity index (χ2n) is 5.19. The zero-order valence-corrected chi connectivity index (χ0v) is 13.1. The molecule has 1 aromatic heterocycles. The molecule has 1 atom stereocenters. The minimum absolute atomic E-state index is 0.472. The number of rotatable bonds is 9. The van der Waals surface area contributed by atoms with Crippen molar-refractivity contribution in [3.05, 3.63) is 59.0 Å². The number of benzene rings is 1. The highest BCUT2D eigenvalue weighted by Crippen LogP contribution is 2.21. The van der Waals surface area contributed by atoms with E-state index in [4.69, 9.17) is 20.8 Å². The number of ether oxygens (including phenoxy) is 1. The quantitative estimate of drug-likeness (QED) is 0.719. The normalized spacial score (nSPS) is 12.5. The van der Waals surface area contributed by atoms with Gasteiger partial charge < -0.3 is 14.5 Å². The molecule has 1 heterocycles. The zero-order chi connectivity index (χ0) is 14.9. The van der Waals surface area contributed by atoms with E-state index in [-0.39, 0.29) is 0 Å². The molecule has 0 aliphatic carbocycles. The van der Waals surface area contributed by atoms with Gasteiger partial charge in [-0.15, -0.1) is 0 Å². The maximum absolute atomic E-state index is 6.28. The van der Waals surface area contributed by atoms with Crippen LogP contribution in [0.1, 0.15) is 11.1 Å². The number of halogens is 1. The lowest BCUT2D eigenvalue weighted by molar-refractivity contribution is 0.197. The molecule has 0 amide bonds. The van der Waals surface area contributed by atoms with E-state index in [0.717, 1.165) is 37.6 Å². The number of hydrogen-bond donors (Lipinski definition) is 1. The Kier molecular flexibility index (Phi) is 6.80. The van der Waals surface area contributed by atoms with Crippen molar-refractivity contribution >= 4 is 11.6 Å². The van der Waals surface area contributed by atoms with E-state index in [1.807, 2.05) is 30.5 Å². The fourth-order valence-corrected chi connectivity index (χ4v) is 2.63. The Labute approximate surface area is 131 Å². The summed E-state index contributed by atoms with van der Waals surface area (Å²) in [6, 6.07) is 10.1. The van der Waals surface area contributed by atoms with Crippen LogP contribution in [-0.4, -0.2) is 26.8 Å². The van der Waals surface area contributed by atoms with Gasteiger partial charge in [-0.3, -0.25) is 0 Å². The molecule has 1 N–H and O–H groups in total. The molecule has 0 spiro atoms. The third-order valence-corrected chi connectivity index (χ3v) is 3.86. The largest absolute Gasteiger partial charge is 0.472 e. The number of hydrogen-bond acceptors (Lipinski definition) is 3. The molecule has 3 nitrogen and oxygen atoms in total. The Morgan fingerprint density at radius 3 is 2.81 bits per heavy atom. The van der Waals surface area contributed by atoms with Gasteiger partial charge in [0.25, 0.3) is 0 Å². The maximum Gasteiger partial charge on any atom is 0.0934 e.